The molecule has 0 radical (unpaired) electrons. The van der Waals surface area contributed by atoms with E-state index in [2.05, 4.69) is 278 Å². The molecule has 11 aromatic rings. The molecule has 0 spiro atoms. The van der Waals surface area contributed by atoms with Crippen LogP contribution in [0.1, 0.15) is 25.0 Å². The molecule has 0 aliphatic heterocycles. The number of hydrogen-bond acceptors (Lipinski definition) is 2. The molecule has 0 aromatic heterocycles. The fraction of sp³-hybridized carbons (Fsp3) is 0.0462. The van der Waals surface area contributed by atoms with Gasteiger partial charge in [0.15, 0.2) is 0 Å². The van der Waals surface area contributed by atoms with Crippen LogP contribution in [0.15, 0.2) is 255 Å². The van der Waals surface area contributed by atoms with Gasteiger partial charge in [-0.15, -0.1) is 0 Å². The molecule has 67 heavy (non-hydrogen) atoms. The maximum Gasteiger partial charge on any atom is 0.0462 e. The maximum atomic E-state index is 2.39. The molecule has 318 valence electrons. The van der Waals surface area contributed by atoms with E-state index in [9.17, 15) is 0 Å². The summed E-state index contributed by atoms with van der Waals surface area (Å²) in [5, 5.41) is 5.49. The first-order chi connectivity index (χ1) is 33.0. The molecule has 0 fully saturated rings. The van der Waals surface area contributed by atoms with Crippen molar-refractivity contribution >= 4 is 55.7 Å². The molecule has 2 nitrogen and oxygen atoms in total. The fourth-order valence-electron chi connectivity index (χ4n) is 10.4. The second-order valence-corrected chi connectivity index (χ2v) is 18.2. The molecular formula is C65H48N2. The molecule has 11 aromatic carbocycles. The average molecular weight is 857 g/mol. The van der Waals surface area contributed by atoms with Gasteiger partial charge in [0, 0.05) is 39.5 Å². The van der Waals surface area contributed by atoms with Gasteiger partial charge in [0.2, 0.25) is 0 Å². The number of hydrogen-bond donors (Lipinski definition) is 0. The molecule has 0 bridgehead atoms. The maximum absolute atomic E-state index is 2.39. The molecule has 0 unspecified atom stereocenters. The Morgan fingerprint density at radius 2 is 0.582 bits per heavy atom. The zero-order chi connectivity index (χ0) is 44.9. The van der Waals surface area contributed by atoms with E-state index >= 15 is 0 Å². The zero-order valence-corrected chi connectivity index (χ0v) is 37.6. The molecule has 1 aliphatic rings. The van der Waals surface area contributed by atoms with Crippen molar-refractivity contribution in [2.24, 2.45) is 0 Å². The minimum Gasteiger partial charge on any atom is -0.311 e. The van der Waals surface area contributed by atoms with E-state index in [-0.39, 0.29) is 5.41 Å². The van der Waals surface area contributed by atoms with Crippen molar-refractivity contribution in [1.82, 2.24) is 0 Å². The molecule has 0 heterocycles. The first-order valence-corrected chi connectivity index (χ1v) is 23.2. The predicted octanol–water partition coefficient (Wildman–Crippen LogP) is 18.2. The molecule has 0 amide bonds. The second kappa shape index (κ2) is 16.5. The summed E-state index contributed by atoms with van der Waals surface area (Å²) in [6, 6.07) is 92.5. The molecular weight excluding hydrogens is 809 g/mol. The topological polar surface area (TPSA) is 6.48 Å². The molecule has 12 rings (SSSR count). The Kier molecular flexibility index (Phi) is 9.88. The van der Waals surface area contributed by atoms with E-state index in [4.69, 9.17) is 0 Å². The van der Waals surface area contributed by atoms with Crippen LogP contribution in [-0.2, 0) is 5.41 Å². The van der Waals surface area contributed by atoms with Crippen molar-refractivity contribution in [3.8, 4) is 44.5 Å². The number of benzene rings is 11. The van der Waals surface area contributed by atoms with Gasteiger partial charge >= 0.3 is 0 Å². The standard InChI is InChI=1S/C65H48N2/c1-65(2)61-22-12-14-52-44-60(59-21-13-23-62(65)64(59)63(52)61)51-30-28-47(29-31-51)45-24-26-46(27-25-45)48-32-40-57(41-33-48)67(55-19-10-5-11-20-55)58-42-36-50(37-43-58)49-34-38-56(39-35-49)66(53-15-6-3-7-16-53)54-17-8-4-9-18-54/h3-44H,1-2H3. The van der Waals surface area contributed by atoms with Gasteiger partial charge in [-0.1, -0.05) is 190 Å². The molecule has 0 saturated carbocycles. The van der Waals surface area contributed by atoms with Crippen molar-refractivity contribution in [2.75, 3.05) is 9.80 Å². The Bertz CT molecular complexity index is 3490. The van der Waals surface area contributed by atoms with Gasteiger partial charge in [-0.2, -0.15) is 0 Å². The predicted molar refractivity (Wildman–Crippen MR) is 285 cm³/mol. The average Bonchev–Trinajstić information content (AvgIpc) is 3.64. The van der Waals surface area contributed by atoms with Gasteiger partial charge in [-0.3, -0.25) is 0 Å². The summed E-state index contributed by atoms with van der Waals surface area (Å²) in [7, 11) is 0. The summed E-state index contributed by atoms with van der Waals surface area (Å²) in [6.45, 7) is 4.72. The van der Waals surface area contributed by atoms with Crippen LogP contribution in [0.5, 0.6) is 0 Å². The van der Waals surface area contributed by atoms with Gasteiger partial charge in [-0.25, -0.2) is 0 Å². The Labute approximate surface area is 393 Å². The van der Waals surface area contributed by atoms with Gasteiger partial charge in [0.05, 0.1) is 0 Å². The summed E-state index contributed by atoms with van der Waals surface area (Å²) < 4.78 is 0. The lowest BCUT2D eigenvalue weighted by molar-refractivity contribution is 0.663. The Morgan fingerprint density at radius 3 is 0.970 bits per heavy atom. The quantitative estimate of drug-likeness (QED) is 0.126. The highest BCUT2D eigenvalue weighted by Crippen LogP contribution is 2.51. The van der Waals surface area contributed by atoms with E-state index in [0.29, 0.717) is 0 Å². The van der Waals surface area contributed by atoms with Gasteiger partial charge < -0.3 is 9.80 Å². The minimum absolute atomic E-state index is 0.000303. The number of nitrogens with zero attached hydrogens (tertiary/aromatic N) is 2. The number of rotatable bonds is 10. The third-order valence-electron chi connectivity index (χ3n) is 13.8. The lowest BCUT2D eigenvalue weighted by atomic mass is 9.82. The first-order valence-electron chi connectivity index (χ1n) is 23.2. The van der Waals surface area contributed by atoms with Crippen LogP contribution >= 0.6 is 0 Å². The number of para-hydroxylation sites is 3. The van der Waals surface area contributed by atoms with Gasteiger partial charge in [0.1, 0.15) is 0 Å². The highest BCUT2D eigenvalue weighted by atomic mass is 15.1. The lowest BCUT2D eigenvalue weighted by Gasteiger charge is -2.26. The van der Waals surface area contributed by atoms with Crippen LogP contribution in [0, 0.1) is 0 Å². The van der Waals surface area contributed by atoms with Crippen molar-refractivity contribution in [1.29, 1.82) is 0 Å². The van der Waals surface area contributed by atoms with Crippen LogP contribution in [0.3, 0.4) is 0 Å². The lowest BCUT2D eigenvalue weighted by Crippen LogP contribution is -2.14. The first kappa shape index (κ1) is 40.1. The number of anilines is 6. The third-order valence-corrected chi connectivity index (χ3v) is 13.8. The second-order valence-electron chi connectivity index (χ2n) is 18.2. The van der Waals surface area contributed by atoms with Crippen molar-refractivity contribution in [3.05, 3.63) is 266 Å². The van der Waals surface area contributed by atoms with Crippen LogP contribution in [0.25, 0.3) is 66.1 Å². The molecule has 0 saturated heterocycles. The van der Waals surface area contributed by atoms with Gasteiger partial charge in [-0.05, 0) is 156 Å². The fourth-order valence-corrected chi connectivity index (χ4v) is 10.4. The van der Waals surface area contributed by atoms with Gasteiger partial charge in [0.25, 0.3) is 0 Å². The largest absolute Gasteiger partial charge is 0.311 e. The SMILES string of the molecule is CC1(C)c2cccc3cc(-c4ccc(-c5ccc(-c6ccc(N(c7ccccc7)c7ccc(-c8ccc(N(c9ccccc9)c9ccccc9)cc8)cc7)cc6)cc5)cc4)c4cccc1c4c23. The normalized spacial score (nSPS) is 12.4. The van der Waals surface area contributed by atoms with E-state index in [1.54, 1.807) is 0 Å². The third kappa shape index (κ3) is 7.15. The van der Waals surface area contributed by atoms with Crippen LogP contribution in [0.4, 0.5) is 34.1 Å². The zero-order valence-electron chi connectivity index (χ0n) is 37.6. The van der Waals surface area contributed by atoms with Crippen LogP contribution in [-0.4, -0.2) is 0 Å². The van der Waals surface area contributed by atoms with Crippen LogP contribution < -0.4 is 9.80 Å². The van der Waals surface area contributed by atoms with E-state index in [1.165, 1.54) is 77.2 Å². The van der Waals surface area contributed by atoms with Crippen LogP contribution in [0.2, 0.25) is 0 Å². The molecule has 2 heteroatoms. The minimum atomic E-state index is 0.000303. The van der Waals surface area contributed by atoms with Crippen molar-refractivity contribution in [2.45, 2.75) is 19.3 Å². The molecule has 0 atom stereocenters. The smallest absolute Gasteiger partial charge is 0.0462 e. The van der Waals surface area contributed by atoms with E-state index < -0.39 is 0 Å². The highest BCUT2D eigenvalue weighted by molar-refractivity contribution is 6.19. The summed E-state index contributed by atoms with van der Waals surface area (Å²) in [5.41, 5.74) is 19.2. The monoisotopic (exact) mass is 856 g/mol. The van der Waals surface area contributed by atoms with Crippen molar-refractivity contribution in [3.63, 3.8) is 0 Å². The summed E-state index contributed by atoms with van der Waals surface area (Å²) in [6.07, 6.45) is 0. The summed E-state index contributed by atoms with van der Waals surface area (Å²) in [4.78, 5) is 4.62. The molecule has 0 N–H and O–H groups in total. The Hall–Kier alpha value is -8.46. The molecule has 1 aliphatic carbocycles. The van der Waals surface area contributed by atoms with Crippen molar-refractivity contribution < 1.29 is 0 Å². The summed E-state index contributed by atoms with van der Waals surface area (Å²) in [5.74, 6) is 0. The highest BCUT2D eigenvalue weighted by Gasteiger charge is 2.34. The summed E-state index contributed by atoms with van der Waals surface area (Å²) >= 11 is 0. The Balaban J connectivity index is 0.781. The van der Waals surface area contributed by atoms with E-state index in [0.717, 1.165) is 34.1 Å². The Morgan fingerprint density at radius 1 is 0.269 bits per heavy atom. The van der Waals surface area contributed by atoms with E-state index in [1.807, 2.05) is 0 Å².